The topological polar surface area (TPSA) is 88.8 Å². The molecular formula is C19H21NO5. The molecule has 2 aromatic rings. The molecule has 0 aliphatic carbocycles. The van der Waals surface area contributed by atoms with Gasteiger partial charge in [0.1, 0.15) is 11.5 Å². The lowest BCUT2D eigenvalue weighted by Gasteiger charge is -2.14. The van der Waals surface area contributed by atoms with Crippen molar-refractivity contribution in [3.05, 3.63) is 59.9 Å². The fourth-order valence-corrected chi connectivity index (χ4v) is 2.37. The summed E-state index contributed by atoms with van der Waals surface area (Å²) in [5.41, 5.74) is 1.75. The second-order valence-electron chi connectivity index (χ2n) is 5.54. The summed E-state index contributed by atoms with van der Waals surface area (Å²) in [4.78, 5) is 24.1. The third-order valence-corrected chi connectivity index (χ3v) is 3.77. The van der Waals surface area contributed by atoms with Crippen LogP contribution in [-0.2, 0) is 9.53 Å². The molecular weight excluding hydrogens is 322 g/mol. The molecule has 132 valence electrons. The van der Waals surface area contributed by atoms with E-state index in [2.05, 4.69) is 11.9 Å². The predicted molar refractivity (Wildman–Crippen MR) is 93.5 cm³/mol. The predicted octanol–water partition coefficient (Wildman–Crippen LogP) is 2.95. The van der Waals surface area contributed by atoms with Crippen LogP contribution in [0.1, 0.15) is 21.7 Å². The number of aliphatic carboxylic acids is 1. The van der Waals surface area contributed by atoms with E-state index in [0.29, 0.717) is 22.6 Å². The molecule has 0 bridgehead atoms. The molecule has 6 nitrogen and oxygen atoms in total. The van der Waals surface area contributed by atoms with Gasteiger partial charge in [-0.25, -0.2) is 4.79 Å². The standard InChI is InChI=1S/C19H21NO5/c1-4-10-24-11-15(19(22)23)20-18(21)16-12(2)13(3)25-17(16)14-8-6-5-7-9-14/h4-9,15H,1,10-11H2,2-3H3,(H,20,21)(H,22,23). The summed E-state index contributed by atoms with van der Waals surface area (Å²) in [6, 6.07) is 8.04. The molecule has 0 spiro atoms. The smallest absolute Gasteiger partial charge is 0.328 e. The first-order chi connectivity index (χ1) is 12.0. The average molecular weight is 343 g/mol. The highest BCUT2D eigenvalue weighted by Gasteiger charge is 2.27. The Morgan fingerprint density at radius 3 is 2.60 bits per heavy atom. The molecule has 0 radical (unpaired) electrons. The van der Waals surface area contributed by atoms with Crippen molar-refractivity contribution in [2.24, 2.45) is 0 Å². The van der Waals surface area contributed by atoms with Crippen molar-refractivity contribution in [3.8, 4) is 11.3 Å². The molecule has 1 aromatic carbocycles. The zero-order valence-electron chi connectivity index (χ0n) is 14.2. The Balaban J connectivity index is 2.29. The van der Waals surface area contributed by atoms with Crippen LogP contribution in [0.25, 0.3) is 11.3 Å². The van der Waals surface area contributed by atoms with Crippen LogP contribution in [0.3, 0.4) is 0 Å². The number of aryl methyl sites for hydroxylation is 1. The molecule has 0 aliphatic heterocycles. The van der Waals surface area contributed by atoms with Gasteiger partial charge in [-0.2, -0.15) is 0 Å². The van der Waals surface area contributed by atoms with Gasteiger partial charge in [-0.3, -0.25) is 4.79 Å². The molecule has 0 saturated carbocycles. The highest BCUT2D eigenvalue weighted by Crippen LogP contribution is 2.30. The fraction of sp³-hybridized carbons (Fsp3) is 0.263. The largest absolute Gasteiger partial charge is 0.480 e. The van der Waals surface area contributed by atoms with Crippen LogP contribution in [-0.4, -0.2) is 36.2 Å². The van der Waals surface area contributed by atoms with Crippen molar-refractivity contribution < 1.29 is 23.8 Å². The maximum Gasteiger partial charge on any atom is 0.328 e. The quantitative estimate of drug-likeness (QED) is 0.568. The van der Waals surface area contributed by atoms with E-state index >= 15 is 0 Å². The second kappa shape index (κ2) is 8.30. The Kier molecular flexibility index (Phi) is 6.14. The number of carbonyl (C=O) groups excluding carboxylic acids is 1. The molecule has 1 atom stereocenters. The zero-order chi connectivity index (χ0) is 18.4. The lowest BCUT2D eigenvalue weighted by molar-refractivity contribution is -0.140. The molecule has 0 fully saturated rings. The van der Waals surface area contributed by atoms with E-state index in [1.165, 1.54) is 6.08 Å². The first-order valence-corrected chi connectivity index (χ1v) is 7.83. The molecule has 2 N–H and O–H groups in total. The first kappa shape index (κ1) is 18.5. The van der Waals surface area contributed by atoms with Crippen molar-refractivity contribution in [3.63, 3.8) is 0 Å². The van der Waals surface area contributed by atoms with Gasteiger partial charge in [-0.05, 0) is 13.8 Å². The third-order valence-electron chi connectivity index (χ3n) is 3.77. The average Bonchev–Trinajstić information content (AvgIpc) is 2.90. The summed E-state index contributed by atoms with van der Waals surface area (Å²) in [6.45, 7) is 7.09. The monoisotopic (exact) mass is 343 g/mol. The second-order valence-corrected chi connectivity index (χ2v) is 5.54. The van der Waals surface area contributed by atoms with Gasteiger partial charge in [0, 0.05) is 11.1 Å². The van der Waals surface area contributed by atoms with Gasteiger partial charge >= 0.3 is 5.97 Å². The highest BCUT2D eigenvalue weighted by atomic mass is 16.5. The molecule has 1 heterocycles. The number of furan rings is 1. The van der Waals surface area contributed by atoms with Crippen LogP contribution in [0.4, 0.5) is 0 Å². The van der Waals surface area contributed by atoms with Crippen molar-refractivity contribution in [2.75, 3.05) is 13.2 Å². The van der Waals surface area contributed by atoms with Crippen LogP contribution in [0.15, 0.2) is 47.4 Å². The van der Waals surface area contributed by atoms with Crippen molar-refractivity contribution in [2.45, 2.75) is 19.9 Å². The molecule has 6 heteroatoms. The molecule has 2 rings (SSSR count). The first-order valence-electron chi connectivity index (χ1n) is 7.83. The molecule has 25 heavy (non-hydrogen) atoms. The summed E-state index contributed by atoms with van der Waals surface area (Å²) in [5, 5.41) is 11.8. The van der Waals surface area contributed by atoms with E-state index in [-0.39, 0.29) is 13.2 Å². The minimum atomic E-state index is -1.17. The van der Waals surface area contributed by atoms with E-state index in [0.717, 1.165) is 5.56 Å². The Hall–Kier alpha value is -2.86. The number of carboxylic acids is 1. The summed E-state index contributed by atoms with van der Waals surface area (Å²) in [5.74, 6) is -0.651. The van der Waals surface area contributed by atoms with Crippen LogP contribution in [0.5, 0.6) is 0 Å². The summed E-state index contributed by atoms with van der Waals surface area (Å²) in [6.07, 6.45) is 1.51. The normalized spacial score (nSPS) is 11.8. The Labute approximate surface area is 146 Å². The summed E-state index contributed by atoms with van der Waals surface area (Å²) in [7, 11) is 0. The van der Waals surface area contributed by atoms with E-state index in [1.807, 2.05) is 30.3 Å². The van der Waals surface area contributed by atoms with Gasteiger partial charge in [0.25, 0.3) is 5.91 Å². The van der Waals surface area contributed by atoms with Crippen molar-refractivity contribution in [1.82, 2.24) is 5.32 Å². The molecule has 1 aromatic heterocycles. The number of hydrogen-bond donors (Lipinski definition) is 2. The number of carbonyl (C=O) groups is 2. The number of carboxylic acid groups (broad SMARTS) is 1. The van der Waals surface area contributed by atoms with E-state index in [1.54, 1.807) is 13.8 Å². The van der Waals surface area contributed by atoms with Crippen molar-refractivity contribution >= 4 is 11.9 Å². The van der Waals surface area contributed by atoms with Crippen LogP contribution >= 0.6 is 0 Å². The number of ether oxygens (including phenoxy) is 1. The molecule has 1 unspecified atom stereocenters. The van der Waals surface area contributed by atoms with Crippen LogP contribution < -0.4 is 5.32 Å². The van der Waals surface area contributed by atoms with E-state index in [4.69, 9.17) is 9.15 Å². The maximum absolute atomic E-state index is 12.7. The zero-order valence-corrected chi connectivity index (χ0v) is 14.2. The number of amides is 1. The van der Waals surface area contributed by atoms with Gasteiger partial charge in [0.15, 0.2) is 6.04 Å². The Morgan fingerprint density at radius 2 is 2.00 bits per heavy atom. The SMILES string of the molecule is C=CCOCC(NC(=O)c1c(-c2ccccc2)oc(C)c1C)C(=O)O. The van der Waals surface area contributed by atoms with Gasteiger partial charge in [0.05, 0.1) is 18.8 Å². The van der Waals surface area contributed by atoms with Gasteiger partial charge in [-0.1, -0.05) is 36.4 Å². The summed E-state index contributed by atoms with van der Waals surface area (Å²) >= 11 is 0. The lowest BCUT2D eigenvalue weighted by Crippen LogP contribution is -2.44. The number of rotatable bonds is 8. The minimum Gasteiger partial charge on any atom is -0.480 e. The van der Waals surface area contributed by atoms with Gasteiger partial charge < -0.3 is 19.6 Å². The molecule has 0 aliphatic rings. The van der Waals surface area contributed by atoms with E-state index < -0.39 is 17.9 Å². The highest BCUT2D eigenvalue weighted by molar-refractivity contribution is 6.02. The van der Waals surface area contributed by atoms with Crippen molar-refractivity contribution in [1.29, 1.82) is 0 Å². The summed E-state index contributed by atoms with van der Waals surface area (Å²) < 4.78 is 10.9. The number of nitrogens with one attached hydrogen (secondary N) is 1. The maximum atomic E-state index is 12.7. The molecule has 1 amide bonds. The van der Waals surface area contributed by atoms with Gasteiger partial charge in [-0.15, -0.1) is 6.58 Å². The molecule has 0 saturated heterocycles. The third kappa shape index (κ3) is 4.36. The fourth-order valence-electron chi connectivity index (χ4n) is 2.37. The number of benzene rings is 1. The number of hydrogen-bond acceptors (Lipinski definition) is 4. The Morgan fingerprint density at radius 1 is 1.32 bits per heavy atom. The van der Waals surface area contributed by atoms with Crippen LogP contribution in [0.2, 0.25) is 0 Å². The van der Waals surface area contributed by atoms with Gasteiger partial charge in [0.2, 0.25) is 0 Å². The van der Waals surface area contributed by atoms with Crippen LogP contribution in [0, 0.1) is 13.8 Å². The minimum absolute atomic E-state index is 0.149. The van der Waals surface area contributed by atoms with E-state index in [9.17, 15) is 14.7 Å². The lowest BCUT2D eigenvalue weighted by atomic mass is 10.0. The Bertz CT molecular complexity index is 764.